The first kappa shape index (κ1) is 68.0. The van der Waals surface area contributed by atoms with Crippen LogP contribution in [0.5, 0.6) is 0 Å². The third-order valence-corrected chi connectivity index (χ3v) is 12.8. The summed E-state index contributed by atoms with van der Waals surface area (Å²) < 4.78 is 22.7. The van der Waals surface area contributed by atoms with Gasteiger partial charge in [0, 0.05) is 12.8 Å². The van der Waals surface area contributed by atoms with E-state index in [1.807, 2.05) is 21.1 Å². The number of ether oxygens (including phenoxy) is 4. The lowest BCUT2D eigenvalue weighted by Crippen LogP contribution is -2.44. The van der Waals surface area contributed by atoms with E-state index in [0.717, 1.165) is 70.6 Å². The highest BCUT2D eigenvalue weighted by Gasteiger charge is 2.22. The number of rotatable bonds is 54. The van der Waals surface area contributed by atoms with Gasteiger partial charge in [0.25, 0.3) is 0 Å². The highest BCUT2D eigenvalue weighted by Crippen LogP contribution is 2.17. The number of carbonyl (C=O) groups is 3. The smallest absolute Gasteiger partial charge is 0.306 e. The predicted molar refractivity (Wildman–Crippen MR) is 297 cm³/mol. The molecule has 0 spiro atoms. The minimum absolute atomic E-state index is 0.140. The fraction of sp³-hybridized carbons (Fsp3) is 0.790. The van der Waals surface area contributed by atoms with Crippen molar-refractivity contribution in [1.29, 1.82) is 0 Å². The summed E-state index contributed by atoms with van der Waals surface area (Å²) in [6, 6.07) is 0. The minimum atomic E-state index is -1.63. The molecule has 0 bridgehead atoms. The van der Waals surface area contributed by atoms with Crippen LogP contribution in [0.4, 0.5) is 0 Å². The number of likely N-dealkylation sites (N-methyl/N-ethyl adjacent to an activating group) is 1. The molecule has 0 aliphatic rings. The number of unbranched alkanes of at least 4 members (excludes halogenated alkanes) is 29. The van der Waals surface area contributed by atoms with E-state index in [9.17, 15) is 19.5 Å². The van der Waals surface area contributed by atoms with Crippen LogP contribution in [-0.4, -0.2) is 82.3 Å². The van der Waals surface area contributed by atoms with Crippen molar-refractivity contribution in [3.05, 3.63) is 60.8 Å². The van der Waals surface area contributed by atoms with Crippen molar-refractivity contribution in [1.82, 2.24) is 0 Å². The van der Waals surface area contributed by atoms with Gasteiger partial charge in [-0.05, 0) is 57.8 Å². The predicted octanol–water partition coefficient (Wildman–Crippen LogP) is 15.9. The second-order valence-corrected chi connectivity index (χ2v) is 20.9. The Kier molecular flexibility index (Phi) is 51.0. The molecule has 9 heteroatoms. The molecule has 0 aliphatic heterocycles. The molecule has 0 N–H and O–H groups in total. The molecule has 71 heavy (non-hydrogen) atoms. The molecular weight excluding hydrogens is 887 g/mol. The number of carbonyl (C=O) groups excluding carboxylic acids is 3. The zero-order valence-corrected chi connectivity index (χ0v) is 46.8. The fourth-order valence-electron chi connectivity index (χ4n) is 8.27. The number of carboxylic acid groups (broad SMARTS) is 1. The van der Waals surface area contributed by atoms with Crippen molar-refractivity contribution in [3.8, 4) is 0 Å². The third kappa shape index (κ3) is 54.6. The van der Waals surface area contributed by atoms with Gasteiger partial charge >= 0.3 is 11.9 Å². The summed E-state index contributed by atoms with van der Waals surface area (Å²) in [6.07, 6.45) is 64.3. The Morgan fingerprint density at radius 2 is 0.803 bits per heavy atom. The van der Waals surface area contributed by atoms with Gasteiger partial charge in [-0.1, -0.05) is 248 Å². The van der Waals surface area contributed by atoms with Crippen LogP contribution in [0.1, 0.15) is 258 Å². The molecule has 0 radical (unpaired) electrons. The second kappa shape index (κ2) is 53.3. The van der Waals surface area contributed by atoms with Crippen LogP contribution >= 0.6 is 0 Å². The lowest BCUT2D eigenvalue weighted by atomic mass is 10.0. The molecule has 2 unspecified atom stereocenters. The second-order valence-electron chi connectivity index (χ2n) is 20.9. The molecule has 0 rings (SSSR count). The van der Waals surface area contributed by atoms with Crippen LogP contribution in [0.3, 0.4) is 0 Å². The summed E-state index contributed by atoms with van der Waals surface area (Å²) in [5.41, 5.74) is 0. The van der Waals surface area contributed by atoms with E-state index in [0.29, 0.717) is 17.4 Å². The minimum Gasteiger partial charge on any atom is -0.545 e. The molecule has 0 heterocycles. The first-order valence-electron chi connectivity index (χ1n) is 29.4. The number of aliphatic carboxylic acids is 1. The van der Waals surface area contributed by atoms with Crippen molar-refractivity contribution in [2.75, 3.05) is 47.5 Å². The first-order valence-corrected chi connectivity index (χ1v) is 29.4. The molecule has 0 saturated carbocycles. The number of hydrogen-bond donors (Lipinski definition) is 0. The van der Waals surface area contributed by atoms with E-state index in [4.69, 9.17) is 18.9 Å². The molecule has 412 valence electrons. The topological polar surface area (TPSA) is 111 Å². The zero-order valence-electron chi connectivity index (χ0n) is 46.8. The SMILES string of the molecule is CC/C=C\C/C=C\C/C=C\C/C=C\C/C=C\CCCCCC(=O)OC(COC(=O)CCCCCCCCCCCCCCCCCCCCCCCCCCCCC)COC(OCC[N+](C)(C)C)C(=O)[O-]. The Morgan fingerprint density at radius 1 is 0.437 bits per heavy atom. The quantitative estimate of drug-likeness (QED) is 0.0195. The summed E-state index contributed by atoms with van der Waals surface area (Å²) in [4.78, 5) is 37.3. The molecule has 0 aromatic carbocycles. The number of esters is 2. The first-order chi connectivity index (χ1) is 34.6. The summed E-state index contributed by atoms with van der Waals surface area (Å²) in [5, 5.41) is 11.8. The highest BCUT2D eigenvalue weighted by atomic mass is 16.7. The van der Waals surface area contributed by atoms with E-state index < -0.39 is 24.3 Å². The van der Waals surface area contributed by atoms with E-state index in [-0.39, 0.29) is 38.6 Å². The molecule has 0 amide bonds. The Morgan fingerprint density at radius 3 is 1.20 bits per heavy atom. The lowest BCUT2D eigenvalue weighted by molar-refractivity contribution is -0.870. The van der Waals surface area contributed by atoms with Gasteiger partial charge < -0.3 is 33.3 Å². The normalized spacial score (nSPS) is 13.2. The molecule has 0 aliphatic carbocycles. The van der Waals surface area contributed by atoms with E-state index in [1.54, 1.807) is 0 Å². The molecule has 0 fully saturated rings. The Hall–Kier alpha value is -3.01. The maximum atomic E-state index is 12.8. The van der Waals surface area contributed by atoms with Crippen LogP contribution in [0.2, 0.25) is 0 Å². The van der Waals surface area contributed by atoms with Crippen LogP contribution in [-0.2, 0) is 33.3 Å². The standard InChI is InChI=1S/C62H111NO8/c1-6-8-10-12-14-16-18-20-22-24-26-27-28-29-30-31-32-33-35-36-38-40-42-44-46-48-50-52-59(64)69-56-58(57-70-62(61(66)67)68-55-54-63(3,4)5)71-60(65)53-51-49-47-45-43-41-39-37-34-25-23-21-19-17-15-13-11-9-7-2/h9,11,15,17,21,23,34,37,41,43,58,62H,6-8,10,12-14,16,18-20,22,24-33,35-36,38-40,42,44-57H2,1-5H3/b11-9-,17-15-,23-21-,37-34-,43-41-. The molecule has 0 aromatic heterocycles. The van der Waals surface area contributed by atoms with Crippen molar-refractivity contribution >= 4 is 17.9 Å². The van der Waals surface area contributed by atoms with Crippen LogP contribution in [0.15, 0.2) is 60.8 Å². The molecule has 2 atom stereocenters. The number of hydrogen-bond acceptors (Lipinski definition) is 8. The highest BCUT2D eigenvalue weighted by molar-refractivity contribution is 5.70. The summed E-state index contributed by atoms with van der Waals surface area (Å²) >= 11 is 0. The number of carboxylic acids is 1. The van der Waals surface area contributed by atoms with Gasteiger partial charge in [-0.2, -0.15) is 0 Å². The fourth-order valence-corrected chi connectivity index (χ4v) is 8.27. The summed E-state index contributed by atoms with van der Waals surface area (Å²) in [6.45, 7) is 4.62. The maximum Gasteiger partial charge on any atom is 0.306 e. The third-order valence-electron chi connectivity index (χ3n) is 12.8. The Bertz CT molecular complexity index is 1350. The number of nitrogens with zero attached hydrogens (tertiary/aromatic N) is 1. The monoisotopic (exact) mass is 998 g/mol. The van der Waals surface area contributed by atoms with E-state index in [1.165, 1.54) is 154 Å². The Labute approximate surface area is 437 Å². The van der Waals surface area contributed by atoms with Gasteiger partial charge in [-0.3, -0.25) is 9.59 Å². The van der Waals surface area contributed by atoms with Crippen molar-refractivity contribution in [2.45, 2.75) is 270 Å². The molecule has 0 saturated heterocycles. The zero-order chi connectivity index (χ0) is 52.0. The molecule has 9 nitrogen and oxygen atoms in total. The van der Waals surface area contributed by atoms with Crippen molar-refractivity contribution < 1.29 is 42.9 Å². The van der Waals surface area contributed by atoms with Crippen molar-refractivity contribution in [2.24, 2.45) is 0 Å². The largest absolute Gasteiger partial charge is 0.545 e. The van der Waals surface area contributed by atoms with E-state index >= 15 is 0 Å². The van der Waals surface area contributed by atoms with Gasteiger partial charge in [0.2, 0.25) is 0 Å². The maximum absolute atomic E-state index is 12.8. The average Bonchev–Trinajstić information content (AvgIpc) is 3.34. The van der Waals surface area contributed by atoms with E-state index in [2.05, 4.69) is 74.6 Å². The Balaban J connectivity index is 4.22. The van der Waals surface area contributed by atoms with Gasteiger partial charge in [-0.25, -0.2) is 0 Å². The number of allylic oxidation sites excluding steroid dienone is 10. The molecule has 0 aromatic rings. The molecular formula is C62H111NO8. The van der Waals surface area contributed by atoms with Crippen LogP contribution < -0.4 is 5.11 Å². The van der Waals surface area contributed by atoms with Gasteiger partial charge in [-0.15, -0.1) is 0 Å². The van der Waals surface area contributed by atoms with Gasteiger partial charge in [0.1, 0.15) is 13.2 Å². The summed E-state index contributed by atoms with van der Waals surface area (Å²) in [7, 11) is 5.91. The number of quaternary nitrogens is 1. The summed E-state index contributed by atoms with van der Waals surface area (Å²) in [5.74, 6) is -2.32. The van der Waals surface area contributed by atoms with Gasteiger partial charge in [0.15, 0.2) is 12.4 Å². The lowest BCUT2D eigenvalue weighted by Gasteiger charge is -2.26. The van der Waals surface area contributed by atoms with Crippen LogP contribution in [0, 0.1) is 0 Å². The average molecular weight is 999 g/mol. The van der Waals surface area contributed by atoms with Crippen molar-refractivity contribution in [3.63, 3.8) is 0 Å². The van der Waals surface area contributed by atoms with Crippen LogP contribution in [0.25, 0.3) is 0 Å². The van der Waals surface area contributed by atoms with Gasteiger partial charge in [0.05, 0.1) is 40.3 Å².